The molecule has 34 heavy (non-hydrogen) atoms. The van der Waals surface area contributed by atoms with Crippen LogP contribution in [0.1, 0.15) is 64.5 Å². The first-order valence-electron chi connectivity index (χ1n) is 11.9. The van der Waals surface area contributed by atoms with E-state index in [-0.39, 0.29) is 17.0 Å². The van der Waals surface area contributed by atoms with E-state index in [0.717, 1.165) is 12.0 Å². The van der Waals surface area contributed by atoms with Gasteiger partial charge in [0.25, 0.3) is 0 Å². The highest BCUT2D eigenvalue weighted by molar-refractivity contribution is 7.89. The largest absolute Gasteiger partial charge is 0.444 e. The molecule has 0 bridgehead atoms. The normalized spacial score (nSPS) is 18.1. The third kappa shape index (κ3) is 5.57. The van der Waals surface area contributed by atoms with Gasteiger partial charge in [-0.1, -0.05) is 38.2 Å². The molecule has 0 unspecified atom stereocenters. The van der Waals surface area contributed by atoms with Crippen LogP contribution in [0.15, 0.2) is 23.1 Å². The highest BCUT2D eigenvalue weighted by atomic mass is 32.2. The molecule has 1 N–H and O–H groups in total. The van der Waals surface area contributed by atoms with Gasteiger partial charge in [-0.05, 0) is 63.1 Å². The summed E-state index contributed by atoms with van der Waals surface area (Å²) in [7, 11) is -2.21. The summed E-state index contributed by atoms with van der Waals surface area (Å²) in [6.45, 7) is 6.38. The van der Waals surface area contributed by atoms with E-state index < -0.39 is 15.6 Å². The number of sulfonamides is 1. The van der Waals surface area contributed by atoms with Crippen LogP contribution in [-0.4, -0.2) is 65.4 Å². The van der Waals surface area contributed by atoms with Crippen molar-refractivity contribution in [3.63, 3.8) is 0 Å². The first-order valence-corrected chi connectivity index (χ1v) is 13.4. The van der Waals surface area contributed by atoms with Gasteiger partial charge in [-0.15, -0.1) is 10.2 Å². The molecule has 2 fully saturated rings. The van der Waals surface area contributed by atoms with Crippen LogP contribution in [0.5, 0.6) is 0 Å². The van der Waals surface area contributed by atoms with Gasteiger partial charge in [0.15, 0.2) is 0 Å². The summed E-state index contributed by atoms with van der Waals surface area (Å²) in [6, 6.07) is 5.06. The SMILES string of the molecule is CNS(=O)(=O)c1ccc(CC2CCCCC2)c(-c2nnn(C3CN(C(=O)OC(C)(C)C)C3)n2)c1. The summed E-state index contributed by atoms with van der Waals surface area (Å²) in [6.07, 6.45) is 6.60. The fourth-order valence-electron chi connectivity index (χ4n) is 4.49. The van der Waals surface area contributed by atoms with Crippen molar-refractivity contribution in [3.8, 4) is 11.4 Å². The lowest BCUT2D eigenvalue weighted by Gasteiger charge is -2.38. The number of aromatic nitrogens is 4. The van der Waals surface area contributed by atoms with E-state index in [4.69, 9.17) is 4.74 Å². The van der Waals surface area contributed by atoms with Crippen molar-refractivity contribution in [2.45, 2.75) is 75.8 Å². The van der Waals surface area contributed by atoms with E-state index in [1.807, 2.05) is 26.8 Å². The van der Waals surface area contributed by atoms with Crippen LogP contribution in [0.2, 0.25) is 0 Å². The van der Waals surface area contributed by atoms with Gasteiger partial charge in [0.05, 0.1) is 18.0 Å². The zero-order valence-electron chi connectivity index (χ0n) is 20.3. The van der Waals surface area contributed by atoms with Crippen LogP contribution in [0, 0.1) is 5.92 Å². The number of nitrogens with one attached hydrogen (secondary N) is 1. The molecule has 1 aliphatic carbocycles. The Morgan fingerprint density at radius 3 is 2.53 bits per heavy atom. The standard InChI is InChI=1S/C23H34N6O4S/c1-23(2,3)33-22(30)28-14-18(15-28)29-26-21(25-27-29)20-13-19(34(31,32)24-4)11-10-17(20)12-16-8-6-5-7-9-16/h10-11,13,16,18,24H,5-9,12,14-15H2,1-4H3. The van der Waals surface area contributed by atoms with Crippen LogP contribution in [0.25, 0.3) is 11.4 Å². The van der Waals surface area contributed by atoms with Crippen molar-refractivity contribution < 1.29 is 17.9 Å². The molecule has 1 aliphatic heterocycles. The first-order chi connectivity index (χ1) is 16.1. The van der Waals surface area contributed by atoms with Crippen molar-refractivity contribution in [1.29, 1.82) is 0 Å². The predicted molar refractivity (Wildman–Crippen MR) is 127 cm³/mol. The van der Waals surface area contributed by atoms with Crippen molar-refractivity contribution in [2.24, 2.45) is 5.92 Å². The maximum atomic E-state index is 12.4. The second kappa shape index (κ2) is 9.61. The molecule has 4 rings (SSSR count). The smallest absolute Gasteiger partial charge is 0.410 e. The van der Waals surface area contributed by atoms with E-state index in [1.165, 1.54) is 43.9 Å². The van der Waals surface area contributed by atoms with Gasteiger partial charge in [0.1, 0.15) is 11.6 Å². The maximum absolute atomic E-state index is 12.4. The monoisotopic (exact) mass is 490 g/mol. The van der Waals surface area contributed by atoms with Crippen LogP contribution >= 0.6 is 0 Å². The number of ether oxygens (including phenoxy) is 1. The highest BCUT2D eigenvalue weighted by Crippen LogP contribution is 2.32. The van der Waals surface area contributed by atoms with Gasteiger partial charge in [-0.3, -0.25) is 0 Å². The summed E-state index contributed by atoms with van der Waals surface area (Å²) in [4.78, 5) is 15.5. The molecule has 0 atom stereocenters. The van der Waals surface area contributed by atoms with Gasteiger partial charge in [0.2, 0.25) is 15.8 Å². The summed E-state index contributed by atoms with van der Waals surface area (Å²) in [5, 5.41) is 13.0. The lowest BCUT2D eigenvalue weighted by Crippen LogP contribution is -2.52. The molecule has 0 spiro atoms. The predicted octanol–water partition coefficient (Wildman–Crippen LogP) is 3.16. The molecule has 1 saturated heterocycles. The van der Waals surface area contributed by atoms with E-state index in [2.05, 4.69) is 20.1 Å². The van der Waals surface area contributed by atoms with Crippen molar-refractivity contribution in [1.82, 2.24) is 29.8 Å². The summed E-state index contributed by atoms with van der Waals surface area (Å²) in [5.41, 5.74) is 1.18. The Kier molecular flexibility index (Phi) is 6.95. The Morgan fingerprint density at radius 2 is 1.88 bits per heavy atom. The van der Waals surface area contributed by atoms with Gasteiger partial charge in [-0.2, -0.15) is 4.80 Å². The van der Waals surface area contributed by atoms with Gasteiger partial charge in [-0.25, -0.2) is 17.9 Å². The van der Waals surface area contributed by atoms with E-state index in [1.54, 1.807) is 17.0 Å². The molecule has 1 aromatic carbocycles. The lowest BCUT2D eigenvalue weighted by molar-refractivity contribution is -0.00244. The second-order valence-corrected chi connectivity index (χ2v) is 12.1. The number of benzene rings is 1. The maximum Gasteiger partial charge on any atom is 0.410 e. The van der Waals surface area contributed by atoms with Gasteiger partial charge in [0, 0.05) is 5.56 Å². The topological polar surface area (TPSA) is 119 Å². The number of tetrazole rings is 1. The molecule has 1 aromatic heterocycles. The van der Waals surface area contributed by atoms with Crippen LogP contribution in [0.4, 0.5) is 4.79 Å². The highest BCUT2D eigenvalue weighted by Gasteiger charge is 2.36. The number of carbonyl (C=O) groups excluding carboxylic acids is 1. The molecular weight excluding hydrogens is 456 g/mol. The summed E-state index contributed by atoms with van der Waals surface area (Å²) in [5.74, 6) is 0.970. The Balaban J connectivity index is 1.55. The molecule has 0 radical (unpaired) electrons. The average molecular weight is 491 g/mol. The lowest BCUT2D eigenvalue weighted by atomic mass is 9.84. The van der Waals surface area contributed by atoms with Crippen molar-refractivity contribution in [2.75, 3.05) is 20.1 Å². The van der Waals surface area contributed by atoms with Crippen LogP contribution in [-0.2, 0) is 21.2 Å². The van der Waals surface area contributed by atoms with Gasteiger partial charge < -0.3 is 9.64 Å². The van der Waals surface area contributed by atoms with Gasteiger partial charge >= 0.3 is 6.09 Å². The molecule has 11 heteroatoms. The number of rotatable bonds is 6. The Morgan fingerprint density at radius 1 is 1.18 bits per heavy atom. The van der Waals surface area contributed by atoms with Crippen molar-refractivity contribution in [3.05, 3.63) is 23.8 Å². The molecule has 1 amide bonds. The number of likely N-dealkylation sites (tertiary alicyclic amines) is 1. The molecule has 2 aromatic rings. The zero-order chi connectivity index (χ0) is 24.5. The molecule has 10 nitrogen and oxygen atoms in total. The number of amides is 1. The van der Waals surface area contributed by atoms with E-state index in [0.29, 0.717) is 30.4 Å². The average Bonchev–Trinajstić information content (AvgIpc) is 3.21. The second-order valence-electron chi connectivity index (χ2n) is 10.2. The quantitative estimate of drug-likeness (QED) is 0.660. The van der Waals surface area contributed by atoms with Crippen LogP contribution in [0.3, 0.4) is 0 Å². The molecular formula is C23H34N6O4S. The third-order valence-electron chi connectivity index (χ3n) is 6.40. The molecule has 186 valence electrons. The fraction of sp³-hybridized carbons (Fsp3) is 0.652. The Bertz CT molecular complexity index is 1130. The van der Waals surface area contributed by atoms with Crippen LogP contribution < -0.4 is 4.72 Å². The first kappa shape index (κ1) is 24.6. The summed E-state index contributed by atoms with van der Waals surface area (Å²) >= 11 is 0. The van der Waals surface area contributed by atoms with E-state index >= 15 is 0 Å². The fourth-order valence-corrected chi connectivity index (χ4v) is 5.25. The number of carbonyl (C=O) groups is 1. The Hall–Kier alpha value is -2.53. The molecule has 2 aliphatic rings. The minimum Gasteiger partial charge on any atom is -0.444 e. The third-order valence-corrected chi connectivity index (χ3v) is 7.82. The minimum atomic E-state index is -3.60. The summed E-state index contributed by atoms with van der Waals surface area (Å²) < 4.78 is 32.6. The molecule has 1 saturated carbocycles. The van der Waals surface area contributed by atoms with E-state index in [9.17, 15) is 13.2 Å². The number of hydrogen-bond acceptors (Lipinski definition) is 7. The molecule has 2 heterocycles. The van der Waals surface area contributed by atoms with Crippen molar-refractivity contribution >= 4 is 16.1 Å². The minimum absolute atomic E-state index is 0.0974. The number of hydrogen-bond donors (Lipinski definition) is 1. The Labute approximate surface area is 201 Å². The zero-order valence-corrected chi connectivity index (χ0v) is 21.1. The number of nitrogens with zero attached hydrogens (tertiary/aromatic N) is 5.